The quantitative estimate of drug-likeness (QED) is 0.931. The monoisotopic (exact) mass is 311 g/mol. The molecule has 0 radical (unpaired) electrons. The van der Waals surface area contributed by atoms with E-state index >= 15 is 0 Å². The average Bonchev–Trinajstić information content (AvgIpc) is 2.38. The number of halogens is 1. The fourth-order valence-electron chi connectivity index (χ4n) is 2.37. The maximum absolute atomic E-state index is 5.91. The van der Waals surface area contributed by atoms with Gasteiger partial charge in [-0.15, -0.1) is 0 Å². The molecule has 0 saturated carbocycles. The van der Waals surface area contributed by atoms with Gasteiger partial charge in [-0.25, -0.2) is 0 Å². The van der Waals surface area contributed by atoms with Crippen LogP contribution in [0.1, 0.15) is 25.5 Å². The van der Waals surface area contributed by atoms with Crippen molar-refractivity contribution in [3.05, 3.63) is 28.2 Å². The second kappa shape index (κ2) is 6.04. The molecule has 1 aromatic carbocycles. The van der Waals surface area contributed by atoms with Crippen LogP contribution in [0.5, 0.6) is 0 Å². The highest BCUT2D eigenvalue weighted by atomic mass is 79.9. The van der Waals surface area contributed by atoms with Gasteiger partial charge in [-0.1, -0.05) is 13.0 Å². The maximum Gasteiger partial charge on any atom is 0.0511 e. The molecule has 1 aromatic rings. The van der Waals surface area contributed by atoms with Gasteiger partial charge in [0.15, 0.2) is 0 Å². The number of anilines is 1. The Morgan fingerprint density at radius 3 is 2.44 bits per heavy atom. The van der Waals surface area contributed by atoms with Gasteiger partial charge in [-0.2, -0.15) is 0 Å². The number of nitrogens with zero attached hydrogens (tertiary/aromatic N) is 2. The van der Waals surface area contributed by atoms with E-state index in [9.17, 15) is 0 Å². The Balaban J connectivity index is 2.10. The summed E-state index contributed by atoms with van der Waals surface area (Å²) in [5.74, 6) is 0. The van der Waals surface area contributed by atoms with E-state index in [0.29, 0.717) is 0 Å². The highest BCUT2D eigenvalue weighted by molar-refractivity contribution is 9.10. The zero-order valence-electron chi connectivity index (χ0n) is 11.2. The first-order valence-electron chi connectivity index (χ1n) is 6.64. The van der Waals surface area contributed by atoms with Crippen molar-refractivity contribution in [1.29, 1.82) is 0 Å². The molecule has 2 rings (SSSR count). The third-order valence-corrected chi connectivity index (χ3v) is 4.29. The van der Waals surface area contributed by atoms with E-state index in [0.717, 1.165) is 37.2 Å². The SMILES string of the molecule is CCN1CCN(c2ccc([C@H](C)N)cc2Br)CC1. The van der Waals surface area contributed by atoms with Crippen molar-refractivity contribution < 1.29 is 0 Å². The lowest BCUT2D eigenvalue weighted by Gasteiger charge is -2.36. The van der Waals surface area contributed by atoms with Gasteiger partial charge >= 0.3 is 0 Å². The largest absolute Gasteiger partial charge is 0.368 e. The van der Waals surface area contributed by atoms with Crippen molar-refractivity contribution in [3.8, 4) is 0 Å². The molecular weight excluding hydrogens is 290 g/mol. The minimum atomic E-state index is 0.0901. The number of hydrogen-bond acceptors (Lipinski definition) is 3. The molecular formula is C14H22BrN3. The lowest BCUT2D eigenvalue weighted by Crippen LogP contribution is -2.46. The third-order valence-electron chi connectivity index (χ3n) is 3.66. The number of rotatable bonds is 3. The standard InChI is InChI=1S/C14H22BrN3/c1-3-17-6-8-18(9-7-17)14-5-4-12(11(2)16)10-13(14)15/h4-5,10-11H,3,6-9,16H2,1-2H3/t11-/m0/s1. The molecule has 1 aliphatic rings. The van der Waals surface area contributed by atoms with Crippen LogP contribution in [0.3, 0.4) is 0 Å². The second-order valence-electron chi connectivity index (χ2n) is 4.92. The van der Waals surface area contributed by atoms with E-state index in [1.807, 2.05) is 6.92 Å². The molecule has 18 heavy (non-hydrogen) atoms. The van der Waals surface area contributed by atoms with Crippen LogP contribution in [-0.4, -0.2) is 37.6 Å². The molecule has 1 saturated heterocycles. The van der Waals surface area contributed by atoms with Crippen LogP contribution in [-0.2, 0) is 0 Å². The van der Waals surface area contributed by atoms with E-state index in [1.54, 1.807) is 0 Å². The molecule has 0 unspecified atom stereocenters. The van der Waals surface area contributed by atoms with Gasteiger partial charge in [0.25, 0.3) is 0 Å². The van der Waals surface area contributed by atoms with E-state index in [4.69, 9.17) is 5.73 Å². The van der Waals surface area contributed by atoms with E-state index in [-0.39, 0.29) is 6.04 Å². The Labute approximate surface area is 118 Å². The van der Waals surface area contributed by atoms with Gasteiger partial charge in [-0.3, -0.25) is 0 Å². The second-order valence-corrected chi connectivity index (χ2v) is 5.78. The molecule has 3 nitrogen and oxygen atoms in total. The minimum Gasteiger partial charge on any atom is -0.368 e. The zero-order valence-corrected chi connectivity index (χ0v) is 12.8. The molecule has 1 heterocycles. The first kappa shape index (κ1) is 13.8. The number of nitrogens with two attached hydrogens (primary N) is 1. The van der Waals surface area contributed by atoms with Gasteiger partial charge in [0.1, 0.15) is 0 Å². The van der Waals surface area contributed by atoms with Gasteiger partial charge in [0.2, 0.25) is 0 Å². The summed E-state index contributed by atoms with van der Waals surface area (Å²) >= 11 is 3.67. The predicted molar refractivity (Wildman–Crippen MR) is 81.1 cm³/mol. The first-order chi connectivity index (χ1) is 8.61. The molecule has 4 heteroatoms. The summed E-state index contributed by atoms with van der Waals surface area (Å²) in [5.41, 5.74) is 8.37. The molecule has 0 spiro atoms. The summed E-state index contributed by atoms with van der Waals surface area (Å²) in [6.07, 6.45) is 0. The fraction of sp³-hybridized carbons (Fsp3) is 0.571. The molecule has 1 aliphatic heterocycles. The number of benzene rings is 1. The molecule has 0 bridgehead atoms. The average molecular weight is 312 g/mol. The number of piperazine rings is 1. The van der Waals surface area contributed by atoms with Crippen molar-refractivity contribution in [1.82, 2.24) is 4.90 Å². The summed E-state index contributed by atoms with van der Waals surface area (Å²) in [6, 6.07) is 6.56. The minimum absolute atomic E-state index is 0.0901. The zero-order chi connectivity index (χ0) is 13.1. The summed E-state index contributed by atoms with van der Waals surface area (Å²) in [7, 11) is 0. The Bertz CT molecular complexity index is 398. The van der Waals surface area contributed by atoms with Crippen molar-refractivity contribution in [2.75, 3.05) is 37.6 Å². The fourth-order valence-corrected chi connectivity index (χ4v) is 3.02. The lowest BCUT2D eigenvalue weighted by molar-refractivity contribution is 0.271. The van der Waals surface area contributed by atoms with Crippen LogP contribution in [0.2, 0.25) is 0 Å². The van der Waals surface area contributed by atoms with E-state index < -0.39 is 0 Å². The highest BCUT2D eigenvalue weighted by Gasteiger charge is 2.17. The molecule has 0 amide bonds. The van der Waals surface area contributed by atoms with Crippen molar-refractivity contribution >= 4 is 21.6 Å². The third kappa shape index (κ3) is 3.05. The Hall–Kier alpha value is -0.580. The smallest absolute Gasteiger partial charge is 0.0511 e. The predicted octanol–water partition coefficient (Wildman–Crippen LogP) is 2.61. The number of hydrogen-bond donors (Lipinski definition) is 1. The summed E-state index contributed by atoms with van der Waals surface area (Å²) in [4.78, 5) is 4.93. The van der Waals surface area contributed by atoms with Crippen LogP contribution in [0, 0.1) is 0 Å². The van der Waals surface area contributed by atoms with Crippen molar-refractivity contribution in [2.45, 2.75) is 19.9 Å². The Morgan fingerprint density at radius 1 is 1.28 bits per heavy atom. The van der Waals surface area contributed by atoms with Crippen LogP contribution in [0.15, 0.2) is 22.7 Å². The van der Waals surface area contributed by atoms with E-state index in [1.165, 1.54) is 11.3 Å². The van der Waals surface area contributed by atoms with Crippen LogP contribution in [0.4, 0.5) is 5.69 Å². The molecule has 0 aromatic heterocycles. The Kier molecular flexibility index (Phi) is 4.65. The van der Waals surface area contributed by atoms with E-state index in [2.05, 4.69) is 50.9 Å². The molecule has 2 N–H and O–H groups in total. The topological polar surface area (TPSA) is 32.5 Å². The lowest BCUT2D eigenvalue weighted by atomic mass is 10.1. The summed E-state index contributed by atoms with van der Waals surface area (Å²) in [6.45, 7) is 9.90. The summed E-state index contributed by atoms with van der Waals surface area (Å²) < 4.78 is 1.15. The van der Waals surface area contributed by atoms with Gasteiger partial charge in [0, 0.05) is 36.7 Å². The van der Waals surface area contributed by atoms with Crippen LogP contribution < -0.4 is 10.6 Å². The summed E-state index contributed by atoms with van der Waals surface area (Å²) in [5, 5.41) is 0. The van der Waals surface area contributed by atoms with Crippen molar-refractivity contribution in [3.63, 3.8) is 0 Å². The van der Waals surface area contributed by atoms with Gasteiger partial charge < -0.3 is 15.5 Å². The normalized spacial score (nSPS) is 19.0. The number of likely N-dealkylation sites (N-methyl/N-ethyl adjacent to an activating group) is 1. The first-order valence-corrected chi connectivity index (χ1v) is 7.43. The van der Waals surface area contributed by atoms with Gasteiger partial charge in [-0.05, 0) is 47.1 Å². The molecule has 1 fully saturated rings. The molecule has 100 valence electrons. The Morgan fingerprint density at radius 2 is 1.94 bits per heavy atom. The molecule has 0 aliphatic carbocycles. The van der Waals surface area contributed by atoms with Crippen LogP contribution >= 0.6 is 15.9 Å². The molecule has 1 atom stereocenters. The van der Waals surface area contributed by atoms with Crippen molar-refractivity contribution in [2.24, 2.45) is 5.73 Å². The highest BCUT2D eigenvalue weighted by Crippen LogP contribution is 2.29. The van der Waals surface area contributed by atoms with Gasteiger partial charge in [0.05, 0.1) is 5.69 Å². The maximum atomic E-state index is 5.91. The van der Waals surface area contributed by atoms with Crippen LogP contribution in [0.25, 0.3) is 0 Å².